The zero-order valence-corrected chi connectivity index (χ0v) is 31.5. The van der Waals surface area contributed by atoms with Crippen molar-refractivity contribution < 1.29 is 4.39 Å². The van der Waals surface area contributed by atoms with E-state index in [0.717, 1.165) is 98.3 Å². The number of aryl methyl sites for hydroxylation is 1. The predicted octanol–water partition coefficient (Wildman–Crippen LogP) is 10.8. The number of benzene rings is 1. The maximum Gasteiger partial charge on any atom is 0.126 e. The van der Waals surface area contributed by atoms with E-state index in [1.165, 1.54) is 24.8 Å². The summed E-state index contributed by atoms with van der Waals surface area (Å²) in [4.78, 5) is 7.51. The maximum atomic E-state index is 14.1. The van der Waals surface area contributed by atoms with Crippen molar-refractivity contribution in [3.8, 4) is 12.3 Å². The highest BCUT2D eigenvalue weighted by Gasteiger charge is 2.34. The van der Waals surface area contributed by atoms with Crippen LogP contribution in [0.25, 0.3) is 5.70 Å². The lowest BCUT2D eigenvalue weighted by atomic mass is 9.96. The number of nitrogens with zero attached hydrogens (tertiary/aromatic N) is 3. The number of hydrogen-bond acceptors (Lipinski definition) is 3. The molecule has 2 heterocycles. The van der Waals surface area contributed by atoms with Gasteiger partial charge in [-0.1, -0.05) is 91.3 Å². The summed E-state index contributed by atoms with van der Waals surface area (Å²) in [5.41, 5.74) is 6.81. The summed E-state index contributed by atoms with van der Waals surface area (Å²) >= 11 is 0. The van der Waals surface area contributed by atoms with Crippen molar-refractivity contribution in [1.29, 1.82) is 0 Å². The smallest absolute Gasteiger partial charge is 0.126 e. The first-order valence-electron chi connectivity index (χ1n) is 18.3. The number of likely N-dealkylation sites (tertiary alicyclic amines) is 1. The van der Waals surface area contributed by atoms with Crippen LogP contribution < -0.4 is 0 Å². The third-order valence-electron chi connectivity index (χ3n) is 9.79. The fraction of sp³-hybridized carbons (Fsp3) is 0.581. The number of hydrogen-bond donors (Lipinski definition) is 0. The van der Waals surface area contributed by atoms with Crippen LogP contribution in [-0.2, 0) is 0 Å². The zero-order chi connectivity index (χ0) is 35.1. The first-order valence-corrected chi connectivity index (χ1v) is 18.3. The Morgan fingerprint density at radius 2 is 1.62 bits per heavy atom. The lowest BCUT2D eigenvalue weighted by Crippen LogP contribution is -2.57. The van der Waals surface area contributed by atoms with E-state index in [1.54, 1.807) is 13.0 Å². The lowest BCUT2D eigenvalue weighted by molar-refractivity contribution is 0.0322. The minimum absolute atomic E-state index is 0.164. The summed E-state index contributed by atoms with van der Waals surface area (Å²) in [5, 5.41) is 0. The van der Waals surface area contributed by atoms with E-state index >= 15 is 0 Å². The molecule has 1 aromatic carbocycles. The molecule has 0 spiro atoms. The Morgan fingerprint density at radius 1 is 0.979 bits per heavy atom. The van der Waals surface area contributed by atoms with Crippen LogP contribution in [0.2, 0.25) is 0 Å². The van der Waals surface area contributed by atoms with Crippen molar-refractivity contribution in [3.05, 3.63) is 88.9 Å². The molecule has 0 radical (unpaired) electrons. The Balaban J connectivity index is 0.000000742. The van der Waals surface area contributed by atoms with E-state index in [0.29, 0.717) is 17.6 Å². The Hall–Kier alpha value is -3.03. The van der Waals surface area contributed by atoms with Crippen LogP contribution in [0.1, 0.15) is 111 Å². The third kappa shape index (κ3) is 12.5. The summed E-state index contributed by atoms with van der Waals surface area (Å²) in [5.74, 6) is 4.78. The molecule has 2 saturated heterocycles. The molecule has 1 saturated carbocycles. The van der Waals surface area contributed by atoms with Crippen LogP contribution in [0.15, 0.2) is 72.0 Å². The average molecular weight is 644 g/mol. The van der Waals surface area contributed by atoms with E-state index in [2.05, 4.69) is 100 Å². The molecule has 4 rings (SSSR count). The summed E-state index contributed by atoms with van der Waals surface area (Å²) in [6.45, 7) is 32.6. The van der Waals surface area contributed by atoms with Crippen LogP contribution in [0.4, 0.5) is 4.39 Å². The highest BCUT2D eigenvalue weighted by molar-refractivity contribution is 5.62. The molecule has 3 fully saturated rings. The highest BCUT2D eigenvalue weighted by Crippen LogP contribution is 2.35. The van der Waals surface area contributed by atoms with Gasteiger partial charge in [-0.2, -0.15) is 0 Å². The Labute approximate surface area is 289 Å². The van der Waals surface area contributed by atoms with Gasteiger partial charge in [0, 0.05) is 67.3 Å². The molecule has 0 bridgehead atoms. The van der Waals surface area contributed by atoms with Crippen molar-refractivity contribution in [3.63, 3.8) is 0 Å². The standard InChI is InChI=1S/C34H46FN3.C6H12.C3H8/c1-9-12-26(5)27(6)14-16-34(25(4)10-2)37-21-22-38(31(11-3)24-37)32-17-19-36(20-18-32)29(8)30-15-13-28(7)33(35)23-30;1-5(2)6-3-4-6;1-3-2/h2,12-16,23,31-32H,6,8-9,11,17-22,24H2,1,3-5,7H3;5-6H,3-4H2,1-2H3;3H2,1-2H3/b16-14-,26-12+,34-25-;;. The molecule has 260 valence electrons. The monoisotopic (exact) mass is 644 g/mol. The van der Waals surface area contributed by atoms with Crippen molar-refractivity contribution in [1.82, 2.24) is 14.7 Å². The first-order chi connectivity index (χ1) is 22.4. The molecule has 1 aromatic rings. The molecule has 4 heteroatoms. The Kier molecular flexibility index (Phi) is 17.4. The Morgan fingerprint density at radius 3 is 2.11 bits per heavy atom. The molecular formula is C43H66FN3. The van der Waals surface area contributed by atoms with Crippen LogP contribution in [0.5, 0.6) is 0 Å². The van der Waals surface area contributed by atoms with Crippen LogP contribution in [-0.4, -0.2) is 59.5 Å². The van der Waals surface area contributed by atoms with Crippen LogP contribution in [0, 0.1) is 36.9 Å². The van der Waals surface area contributed by atoms with Gasteiger partial charge < -0.3 is 9.80 Å². The quantitative estimate of drug-likeness (QED) is 0.186. The van der Waals surface area contributed by atoms with E-state index in [1.807, 2.05) is 19.1 Å². The molecular weight excluding hydrogens is 577 g/mol. The lowest BCUT2D eigenvalue weighted by Gasteiger charge is -2.48. The van der Waals surface area contributed by atoms with Gasteiger partial charge in [-0.05, 0) is 100.0 Å². The second-order valence-corrected chi connectivity index (χ2v) is 14.0. The largest absolute Gasteiger partial charge is 0.371 e. The van der Waals surface area contributed by atoms with Crippen LogP contribution in [0.3, 0.4) is 0 Å². The van der Waals surface area contributed by atoms with Gasteiger partial charge >= 0.3 is 0 Å². The second kappa shape index (κ2) is 20.4. The van der Waals surface area contributed by atoms with Gasteiger partial charge in [-0.3, -0.25) is 4.90 Å². The van der Waals surface area contributed by atoms with Gasteiger partial charge in [0.25, 0.3) is 0 Å². The van der Waals surface area contributed by atoms with Crippen molar-refractivity contribution in [2.45, 2.75) is 119 Å². The molecule has 47 heavy (non-hydrogen) atoms. The molecule has 0 amide bonds. The summed E-state index contributed by atoms with van der Waals surface area (Å²) in [6.07, 6.45) is 20.9. The highest BCUT2D eigenvalue weighted by atomic mass is 19.1. The number of rotatable bonds is 10. The normalized spacial score (nSPS) is 19.8. The fourth-order valence-electron chi connectivity index (χ4n) is 6.41. The van der Waals surface area contributed by atoms with E-state index < -0.39 is 0 Å². The van der Waals surface area contributed by atoms with Gasteiger partial charge in [0.05, 0.1) is 0 Å². The number of terminal acetylenes is 1. The minimum Gasteiger partial charge on any atom is -0.371 e. The summed E-state index contributed by atoms with van der Waals surface area (Å²) < 4.78 is 14.1. The molecule has 1 unspecified atom stereocenters. The molecule has 1 atom stereocenters. The van der Waals surface area contributed by atoms with Gasteiger partial charge in [-0.15, -0.1) is 6.42 Å². The predicted molar refractivity (Wildman–Crippen MR) is 205 cm³/mol. The maximum absolute atomic E-state index is 14.1. The number of allylic oxidation sites excluding steroid dienone is 6. The molecule has 2 aliphatic heterocycles. The molecule has 1 aliphatic carbocycles. The van der Waals surface area contributed by atoms with Crippen molar-refractivity contribution in [2.24, 2.45) is 11.8 Å². The minimum atomic E-state index is -0.164. The first kappa shape index (κ1) is 40.1. The third-order valence-corrected chi connectivity index (χ3v) is 9.79. The second-order valence-electron chi connectivity index (χ2n) is 14.0. The van der Waals surface area contributed by atoms with Gasteiger partial charge in [0.15, 0.2) is 0 Å². The summed E-state index contributed by atoms with van der Waals surface area (Å²) in [7, 11) is 0. The molecule has 0 aromatic heterocycles. The van der Waals surface area contributed by atoms with E-state index in [9.17, 15) is 4.39 Å². The van der Waals surface area contributed by atoms with Crippen LogP contribution >= 0.6 is 0 Å². The van der Waals surface area contributed by atoms with Crippen molar-refractivity contribution in [2.75, 3.05) is 32.7 Å². The van der Waals surface area contributed by atoms with Gasteiger partial charge in [0.2, 0.25) is 0 Å². The topological polar surface area (TPSA) is 9.72 Å². The van der Waals surface area contributed by atoms with Crippen molar-refractivity contribution >= 4 is 5.70 Å². The molecule has 3 nitrogen and oxygen atoms in total. The zero-order valence-electron chi connectivity index (χ0n) is 31.5. The SMILES string of the molecule is C#C/C(C)=C(/C=C\C(=C)/C(C)=C/CC)N1CCN(C2CCN(C(=C)c3ccc(C)c(F)c3)CC2)C(CC)C1.CC(C)C1CC1.CCC. The number of piperidine rings is 1. The Bertz CT molecular complexity index is 1280. The number of halogens is 1. The van der Waals surface area contributed by atoms with Gasteiger partial charge in [0.1, 0.15) is 5.82 Å². The summed E-state index contributed by atoms with van der Waals surface area (Å²) in [6, 6.07) is 6.47. The molecule has 3 aliphatic rings. The van der Waals surface area contributed by atoms with E-state index in [-0.39, 0.29) is 5.82 Å². The average Bonchev–Trinajstić information content (AvgIpc) is 3.93. The van der Waals surface area contributed by atoms with Gasteiger partial charge in [-0.25, -0.2) is 4.39 Å². The fourth-order valence-corrected chi connectivity index (χ4v) is 6.41. The van der Waals surface area contributed by atoms with E-state index in [4.69, 9.17) is 6.42 Å². The number of piperazine rings is 1. The molecule has 0 N–H and O–H groups in total.